The number of hydrogen-bond donors (Lipinski definition) is 0. The predicted octanol–water partition coefficient (Wildman–Crippen LogP) is 15.5. The number of aryl methyl sites for hydroxylation is 1. The number of nitrogens with zero attached hydrogens (tertiary/aromatic N) is 6. The van der Waals surface area contributed by atoms with Gasteiger partial charge >= 0.3 is 37.1 Å². The molecule has 6 aliphatic heterocycles. The topological polar surface area (TPSA) is 224 Å². The summed E-state index contributed by atoms with van der Waals surface area (Å²) in [4.78, 5) is 168. The molecule has 36 heteroatoms. The monoisotopic (exact) mass is 1580 g/mol. The van der Waals surface area contributed by atoms with Crippen molar-refractivity contribution < 1.29 is 137 Å². The van der Waals surface area contributed by atoms with Crippen LogP contribution in [0.15, 0.2) is 182 Å². The predicted molar refractivity (Wildman–Crippen MR) is 354 cm³/mol. The molecule has 0 aromatic heterocycles. The molecule has 572 valence electrons. The first-order valence-corrected chi connectivity index (χ1v) is 32.5. The van der Waals surface area contributed by atoms with Gasteiger partial charge in [0, 0.05) is 7.05 Å². The van der Waals surface area contributed by atoms with E-state index in [4.69, 9.17) is 0 Å². The summed E-state index contributed by atoms with van der Waals surface area (Å²) in [6.45, 7) is 1.57. The largest absolute Gasteiger partial charge is 0.411 e. The van der Waals surface area contributed by atoms with Crippen molar-refractivity contribution in [1.29, 1.82) is 0 Å². The minimum atomic E-state index is -6.58. The molecular formula is C77H36F18N6O12. The van der Waals surface area contributed by atoms with Crippen molar-refractivity contribution in [3.8, 4) is 0 Å². The maximum Gasteiger partial charge on any atom is 0.411 e. The van der Waals surface area contributed by atoms with Gasteiger partial charge in [-0.15, -0.1) is 0 Å². The molecule has 113 heavy (non-hydrogen) atoms. The van der Waals surface area contributed by atoms with Crippen molar-refractivity contribution in [2.24, 2.45) is 0 Å². The maximum atomic E-state index is 16.0. The van der Waals surface area contributed by atoms with Crippen LogP contribution in [0.1, 0.15) is 163 Å². The van der Waals surface area contributed by atoms with Crippen LogP contribution in [-0.2, 0) is 16.2 Å². The van der Waals surface area contributed by atoms with Gasteiger partial charge in [0.2, 0.25) is 16.2 Å². The van der Waals surface area contributed by atoms with E-state index in [9.17, 15) is 57.5 Å². The Hall–Kier alpha value is -13.4. The Bertz CT molecular complexity index is 5900. The van der Waals surface area contributed by atoms with Crippen LogP contribution in [0.3, 0.4) is 0 Å². The molecule has 0 bridgehead atoms. The van der Waals surface area contributed by atoms with Crippen molar-refractivity contribution in [2.75, 3.05) is 31.5 Å². The number of carbonyl (C=O) groups excluding carboxylic acids is 12. The quantitative estimate of drug-likeness (QED) is 0.0871. The fraction of sp³-hybridized carbons (Fsp3) is 0.143. The number of imide groups is 6. The van der Waals surface area contributed by atoms with Crippen LogP contribution in [0.4, 0.5) is 107 Å². The van der Waals surface area contributed by atoms with Crippen LogP contribution in [0.25, 0.3) is 0 Å². The Balaban J connectivity index is 0.714. The van der Waals surface area contributed by atoms with E-state index in [1.54, 1.807) is 13.0 Å². The molecule has 0 atom stereocenters. The number of hydrogen-bond acceptors (Lipinski definition) is 12. The number of benzene rings is 9. The van der Waals surface area contributed by atoms with Gasteiger partial charge in [0.25, 0.3) is 70.9 Å². The van der Waals surface area contributed by atoms with Crippen LogP contribution < -0.4 is 24.5 Å². The summed E-state index contributed by atoms with van der Waals surface area (Å²) in [5.41, 5.74) is -39.2. The fourth-order valence-corrected chi connectivity index (χ4v) is 15.4. The lowest BCUT2D eigenvalue weighted by molar-refractivity contribution is -0.290. The zero-order valence-electron chi connectivity index (χ0n) is 56.2. The molecule has 6 heterocycles. The highest BCUT2D eigenvalue weighted by atomic mass is 19.4. The van der Waals surface area contributed by atoms with Crippen molar-refractivity contribution in [2.45, 2.75) is 60.2 Å². The van der Waals surface area contributed by atoms with Gasteiger partial charge in [-0.05, 0) is 167 Å². The second kappa shape index (κ2) is 24.3. The van der Waals surface area contributed by atoms with Crippen LogP contribution in [0, 0.1) is 6.92 Å². The SMILES string of the molecule is Cc1cccc(N2C(=O)c3ccc(C(c4ccc5c(c4)C(=O)N(c4cccc(N6C(=O)c7ccc(C(c8ccc9c(c8)C(=O)N(c8cccc(N%10C(=O)c%11ccc(C(c%12ccc%13c(c%12)C(=O)N(C)C%13=O)(C(F)(F)F)C(F)(F)F)cc%11C%10=O)c8)C9=O)(C(F)(F)F)C(F)(F)F)cc7C6=O)c4)C5=O)(C(F)(F)F)C(F)(F)F)cc3C2=O)c1. The van der Waals surface area contributed by atoms with Gasteiger partial charge in [0.1, 0.15) is 0 Å². The van der Waals surface area contributed by atoms with Gasteiger partial charge in [0.15, 0.2) is 0 Å². The summed E-state index contributed by atoms with van der Waals surface area (Å²) in [6, 6.07) is 17.2. The van der Waals surface area contributed by atoms with Crippen molar-refractivity contribution in [3.05, 3.63) is 288 Å². The second-order valence-corrected chi connectivity index (χ2v) is 26.6. The van der Waals surface area contributed by atoms with Gasteiger partial charge in [-0.3, -0.25) is 62.4 Å². The number of rotatable bonds is 11. The van der Waals surface area contributed by atoms with E-state index in [1.165, 1.54) is 18.2 Å². The Morgan fingerprint density at radius 2 is 0.372 bits per heavy atom. The molecular weight excluding hydrogens is 1540 g/mol. The Labute approximate surface area is 618 Å². The van der Waals surface area contributed by atoms with Crippen LogP contribution in [-0.4, -0.2) is 120 Å². The summed E-state index contributed by atoms with van der Waals surface area (Å²) in [6.07, 6.45) is -38.7. The molecule has 18 nitrogen and oxygen atoms in total. The molecule has 0 N–H and O–H groups in total. The molecule has 15 rings (SSSR count). The van der Waals surface area contributed by atoms with Crippen molar-refractivity contribution in [1.82, 2.24) is 4.90 Å². The van der Waals surface area contributed by atoms with Gasteiger partial charge in [-0.2, -0.15) is 79.0 Å². The first-order chi connectivity index (χ1) is 52.7. The van der Waals surface area contributed by atoms with E-state index < -0.39 is 247 Å². The molecule has 0 radical (unpaired) electrons. The molecule has 12 amide bonds. The van der Waals surface area contributed by atoms with Gasteiger partial charge in [-0.25, -0.2) is 24.5 Å². The van der Waals surface area contributed by atoms with E-state index in [-0.39, 0.29) is 86.0 Å². The number of amides is 12. The molecule has 6 aliphatic rings. The molecule has 9 aromatic carbocycles. The molecule has 0 aliphatic carbocycles. The molecule has 0 fully saturated rings. The lowest BCUT2D eigenvalue weighted by Gasteiger charge is -2.38. The smallest absolute Gasteiger partial charge is 0.277 e. The zero-order chi connectivity index (χ0) is 82.0. The highest BCUT2D eigenvalue weighted by molar-refractivity contribution is 6.39. The minimum Gasteiger partial charge on any atom is -0.277 e. The molecule has 0 unspecified atom stereocenters. The first-order valence-electron chi connectivity index (χ1n) is 32.5. The average Bonchev–Trinajstić information content (AvgIpc) is 1.70. The third-order valence-corrected chi connectivity index (χ3v) is 20.6. The third-order valence-electron chi connectivity index (χ3n) is 20.6. The molecule has 0 saturated carbocycles. The number of alkyl halides is 18. The van der Waals surface area contributed by atoms with E-state index >= 15 is 79.0 Å². The highest BCUT2D eigenvalue weighted by Gasteiger charge is 2.76. The fourth-order valence-electron chi connectivity index (χ4n) is 15.4. The Kier molecular flexibility index (Phi) is 16.1. The summed E-state index contributed by atoms with van der Waals surface area (Å²) in [5, 5.41) is 0. The lowest BCUT2D eigenvalue weighted by Crippen LogP contribution is -2.55. The number of anilines is 5. The first kappa shape index (κ1) is 75.0. The average molecular weight is 1580 g/mol. The molecule has 9 aromatic rings. The maximum absolute atomic E-state index is 16.0. The Morgan fingerprint density at radius 3 is 0.575 bits per heavy atom. The van der Waals surface area contributed by atoms with E-state index in [1.807, 2.05) is 0 Å². The number of halogens is 18. The van der Waals surface area contributed by atoms with Crippen molar-refractivity contribution >= 4 is 99.3 Å². The Morgan fingerprint density at radius 1 is 0.204 bits per heavy atom. The van der Waals surface area contributed by atoms with E-state index in [0.717, 1.165) is 43.4 Å². The summed E-state index contributed by atoms with van der Waals surface area (Å²) >= 11 is 0. The van der Waals surface area contributed by atoms with Crippen LogP contribution in [0.2, 0.25) is 0 Å². The summed E-state index contributed by atoms with van der Waals surface area (Å²) < 4.78 is 283. The van der Waals surface area contributed by atoms with Gasteiger partial charge in [0.05, 0.1) is 95.2 Å². The third kappa shape index (κ3) is 10.2. The normalized spacial score (nSPS) is 16.2. The van der Waals surface area contributed by atoms with Crippen molar-refractivity contribution in [3.63, 3.8) is 0 Å². The molecule has 0 spiro atoms. The number of fused-ring (bicyclic) bond motifs is 6. The summed E-state index contributed by atoms with van der Waals surface area (Å²) in [5.74, 6) is -17.2. The minimum absolute atomic E-state index is 0.0191. The standard InChI is InChI=1S/C77H36F18N6O12/c1-33-6-3-7-40(24-33)97-59(104)46-19-13-36(26-52(46)64(97)109)70(74(84,85)86,75(87,88)89)37-15-21-48-54(28-37)66(111)99(61(48)106)43-10-5-11-44(32-43)101-63(108)50-23-17-39(30-56(50)68(101)113)71(76(90,91)92,77(93,94)95)38-16-22-49-55(29-38)67(112)100(62(49)107)42-9-4-8-41(31-42)98-60(105)47-20-14-35(27-53(47)65(98)110)69(72(78,79)80,73(81,82)83)34-12-18-45-51(25-34)58(103)96(2)57(45)102/h3-32H,1-2H3. The lowest BCUT2D eigenvalue weighted by atomic mass is 9.71. The van der Waals surface area contributed by atoms with Crippen LogP contribution >= 0.6 is 0 Å². The van der Waals surface area contributed by atoms with Gasteiger partial charge in [-0.1, -0.05) is 60.7 Å². The number of carbonyl (C=O) groups is 12. The zero-order valence-corrected chi connectivity index (χ0v) is 56.2. The molecule has 0 saturated heterocycles. The summed E-state index contributed by atoms with van der Waals surface area (Å²) in [7, 11) is 0.913. The van der Waals surface area contributed by atoms with E-state index in [2.05, 4.69) is 0 Å². The van der Waals surface area contributed by atoms with Crippen LogP contribution in [0.5, 0.6) is 0 Å². The highest BCUT2D eigenvalue weighted by Crippen LogP contribution is 2.61. The second-order valence-electron chi connectivity index (χ2n) is 26.6. The van der Waals surface area contributed by atoms with Gasteiger partial charge < -0.3 is 0 Å². The van der Waals surface area contributed by atoms with E-state index in [0.29, 0.717) is 76.0 Å².